The number of imidazole rings is 1. The fraction of sp³-hybridized carbons (Fsp3) is 0.636. The van der Waals surface area contributed by atoms with E-state index in [1.54, 1.807) is 17.1 Å². The number of nitrogens with zero attached hydrogens (tertiary/aromatic N) is 3. The van der Waals surface area contributed by atoms with Gasteiger partial charge in [-0.1, -0.05) is 6.92 Å². The first-order chi connectivity index (χ1) is 7.70. The van der Waals surface area contributed by atoms with E-state index < -0.39 is 0 Å². The molecule has 1 amide bonds. The number of rotatable bonds is 6. The average molecular weight is 224 g/mol. The topological polar surface area (TPSA) is 64.2 Å². The second-order valence-electron chi connectivity index (χ2n) is 3.82. The molecule has 0 atom stereocenters. The van der Waals surface area contributed by atoms with Gasteiger partial charge in [-0.15, -0.1) is 0 Å². The normalized spacial score (nSPS) is 10.4. The number of aromatic nitrogens is 2. The summed E-state index contributed by atoms with van der Waals surface area (Å²) in [4.78, 5) is 17.9. The number of hydrogen-bond acceptors (Lipinski definition) is 3. The summed E-state index contributed by atoms with van der Waals surface area (Å²) < 4.78 is 1.74. The van der Waals surface area contributed by atoms with Gasteiger partial charge in [0.1, 0.15) is 5.69 Å². The van der Waals surface area contributed by atoms with Crippen molar-refractivity contribution in [2.75, 3.05) is 19.6 Å². The third-order valence-electron chi connectivity index (χ3n) is 2.45. The van der Waals surface area contributed by atoms with Crippen LogP contribution in [-0.2, 0) is 7.05 Å². The second-order valence-corrected chi connectivity index (χ2v) is 3.82. The van der Waals surface area contributed by atoms with E-state index in [9.17, 15) is 4.79 Å². The summed E-state index contributed by atoms with van der Waals surface area (Å²) in [6, 6.07) is 0. The monoisotopic (exact) mass is 224 g/mol. The van der Waals surface area contributed by atoms with Crippen molar-refractivity contribution in [2.24, 2.45) is 12.8 Å². The molecule has 1 aromatic heterocycles. The molecule has 0 unspecified atom stereocenters. The van der Waals surface area contributed by atoms with E-state index in [1.807, 2.05) is 11.9 Å². The average Bonchev–Trinajstić information content (AvgIpc) is 2.69. The minimum absolute atomic E-state index is 0.0373. The minimum Gasteiger partial charge on any atom is -0.337 e. The Morgan fingerprint density at radius 2 is 2.31 bits per heavy atom. The molecule has 5 heteroatoms. The largest absolute Gasteiger partial charge is 0.337 e. The highest BCUT2D eigenvalue weighted by Gasteiger charge is 2.17. The van der Waals surface area contributed by atoms with E-state index in [2.05, 4.69) is 11.9 Å². The lowest BCUT2D eigenvalue weighted by Gasteiger charge is -2.21. The molecule has 0 saturated carbocycles. The van der Waals surface area contributed by atoms with Crippen LogP contribution >= 0.6 is 0 Å². The zero-order valence-electron chi connectivity index (χ0n) is 10.0. The predicted octanol–water partition coefficient (Wildman–Crippen LogP) is 0.621. The zero-order chi connectivity index (χ0) is 12.0. The number of nitrogens with two attached hydrogens (primary N) is 1. The van der Waals surface area contributed by atoms with Crippen LogP contribution in [0.3, 0.4) is 0 Å². The molecular formula is C11H20N4O. The maximum absolute atomic E-state index is 12.1. The fourth-order valence-electron chi connectivity index (χ4n) is 1.59. The quantitative estimate of drug-likeness (QED) is 0.770. The van der Waals surface area contributed by atoms with Crippen LogP contribution in [0.2, 0.25) is 0 Å². The van der Waals surface area contributed by atoms with Gasteiger partial charge >= 0.3 is 0 Å². The Balaban J connectivity index is 2.70. The van der Waals surface area contributed by atoms with Crippen LogP contribution in [0.25, 0.3) is 0 Å². The molecule has 1 aromatic rings. The van der Waals surface area contributed by atoms with Crippen LogP contribution in [0.5, 0.6) is 0 Å². The summed E-state index contributed by atoms with van der Waals surface area (Å²) in [5.41, 5.74) is 6.10. The Labute approximate surface area is 96.3 Å². The second kappa shape index (κ2) is 6.27. The van der Waals surface area contributed by atoms with Crippen LogP contribution in [-0.4, -0.2) is 40.0 Å². The van der Waals surface area contributed by atoms with Crippen molar-refractivity contribution >= 4 is 5.91 Å². The highest BCUT2D eigenvalue weighted by molar-refractivity contribution is 5.92. The van der Waals surface area contributed by atoms with E-state index in [4.69, 9.17) is 5.73 Å². The number of carbonyl (C=O) groups is 1. The van der Waals surface area contributed by atoms with E-state index in [0.29, 0.717) is 18.8 Å². The van der Waals surface area contributed by atoms with E-state index in [1.165, 1.54) is 0 Å². The Morgan fingerprint density at radius 1 is 1.56 bits per heavy atom. The van der Waals surface area contributed by atoms with Gasteiger partial charge in [0.25, 0.3) is 5.91 Å². The molecule has 1 heterocycles. The van der Waals surface area contributed by atoms with Crippen molar-refractivity contribution in [2.45, 2.75) is 19.8 Å². The smallest absolute Gasteiger partial charge is 0.272 e. The lowest BCUT2D eigenvalue weighted by molar-refractivity contribution is 0.0745. The number of carbonyl (C=O) groups excluding carboxylic acids is 1. The fourth-order valence-corrected chi connectivity index (χ4v) is 1.59. The molecule has 16 heavy (non-hydrogen) atoms. The first-order valence-electron chi connectivity index (χ1n) is 5.66. The van der Waals surface area contributed by atoms with Gasteiger partial charge in [-0.2, -0.15) is 0 Å². The SMILES string of the molecule is CCCN(CCCN)C(=O)c1cncn1C. The molecular weight excluding hydrogens is 204 g/mol. The van der Waals surface area contributed by atoms with Gasteiger partial charge in [-0.05, 0) is 19.4 Å². The predicted molar refractivity (Wildman–Crippen MR) is 63.1 cm³/mol. The number of hydrogen-bond donors (Lipinski definition) is 1. The molecule has 0 saturated heterocycles. The number of amides is 1. The van der Waals surface area contributed by atoms with Crippen molar-refractivity contribution in [1.82, 2.24) is 14.5 Å². The molecule has 0 aliphatic heterocycles. The van der Waals surface area contributed by atoms with Crippen molar-refractivity contribution < 1.29 is 4.79 Å². The Morgan fingerprint density at radius 3 is 2.81 bits per heavy atom. The minimum atomic E-state index is 0.0373. The maximum atomic E-state index is 12.1. The van der Waals surface area contributed by atoms with Crippen molar-refractivity contribution in [3.05, 3.63) is 18.2 Å². The molecule has 0 spiro atoms. The van der Waals surface area contributed by atoms with Gasteiger partial charge in [-0.3, -0.25) is 4.79 Å². The van der Waals surface area contributed by atoms with Crippen LogP contribution in [0.4, 0.5) is 0 Å². The molecule has 0 aliphatic rings. The first-order valence-corrected chi connectivity index (χ1v) is 5.66. The van der Waals surface area contributed by atoms with Gasteiger partial charge in [0.2, 0.25) is 0 Å². The Kier molecular flexibility index (Phi) is 4.98. The van der Waals surface area contributed by atoms with Crippen LogP contribution in [0.1, 0.15) is 30.3 Å². The molecule has 0 aliphatic carbocycles. The van der Waals surface area contributed by atoms with E-state index >= 15 is 0 Å². The summed E-state index contributed by atoms with van der Waals surface area (Å²) in [5.74, 6) is 0.0373. The van der Waals surface area contributed by atoms with Gasteiger partial charge < -0.3 is 15.2 Å². The van der Waals surface area contributed by atoms with Gasteiger partial charge in [0.15, 0.2) is 0 Å². The zero-order valence-corrected chi connectivity index (χ0v) is 10.0. The lowest BCUT2D eigenvalue weighted by Crippen LogP contribution is -2.34. The Hall–Kier alpha value is -1.36. The summed E-state index contributed by atoms with van der Waals surface area (Å²) >= 11 is 0. The van der Waals surface area contributed by atoms with Crippen molar-refractivity contribution in [3.63, 3.8) is 0 Å². The summed E-state index contributed by atoms with van der Waals surface area (Å²) in [6.07, 6.45) is 5.03. The van der Waals surface area contributed by atoms with Crippen molar-refractivity contribution in [1.29, 1.82) is 0 Å². The molecule has 1 rings (SSSR count). The third-order valence-corrected chi connectivity index (χ3v) is 2.45. The van der Waals surface area contributed by atoms with Crippen molar-refractivity contribution in [3.8, 4) is 0 Å². The van der Waals surface area contributed by atoms with E-state index in [0.717, 1.165) is 19.4 Å². The molecule has 0 fully saturated rings. The molecule has 0 radical (unpaired) electrons. The van der Waals surface area contributed by atoms with Crippen LogP contribution in [0.15, 0.2) is 12.5 Å². The lowest BCUT2D eigenvalue weighted by atomic mass is 10.3. The summed E-state index contributed by atoms with van der Waals surface area (Å²) in [5, 5.41) is 0. The highest BCUT2D eigenvalue weighted by Crippen LogP contribution is 2.05. The Bertz CT molecular complexity index is 334. The van der Waals surface area contributed by atoms with Gasteiger partial charge in [0, 0.05) is 20.1 Å². The number of aryl methyl sites for hydroxylation is 1. The molecule has 0 bridgehead atoms. The van der Waals surface area contributed by atoms with Crippen LogP contribution in [0, 0.1) is 0 Å². The standard InChI is InChI=1S/C11H20N4O/c1-3-6-15(7-4-5-12)11(16)10-8-13-9-14(10)2/h8-9H,3-7,12H2,1-2H3. The molecule has 90 valence electrons. The highest BCUT2D eigenvalue weighted by atomic mass is 16.2. The molecule has 2 N–H and O–H groups in total. The summed E-state index contributed by atoms with van der Waals surface area (Å²) in [6.45, 7) is 4.16. The van der Waals surface area contributed by atoms with Crippen LogP contribution < -0.4 is 5.73 Å². The third kappa shape index (κ3) is 3.06. The van der Waals surface area contributed by atoms with Gasteiger partial charge in [0.05, 0.1) is 12.5 Å². The van der Waals surface area contributed by atoms with E-state index in [-0.39, 0.29) is 5.91 Å². The summed E-state index contributed by atoms with van der Waals surface area (Å²) in [7, 11) is 1.83. The van der Waals surface area contributed by atoms with Gasteiger partial charge in [-0.25, -0.2) is 4.98 Å². The molecule has 0 aromatic carbocycles. The maximum Gasteiger partial charge on any atom is 0.272 e. The molecule has 5 nitrogen and oxygen atoms in total. The first kappa shape index (κ1) is 12.7.